The number of likely N-dealkylation sites (tertiary alicyclic amines) is 1. The number of carbonyl (C=O) groups is 2. The molecule has 7 heteroatoms. The normalized spacial score (nSPS) is 20.5. The van der Waals surface area contributed by atoms with Crippen LogP contribution in [-0.4, -0.2) is 55.2 Å². The molecular weight excluding hydrogens is 368 g/mol. The summed E-state index contributed by atoms with van der Waals surface area (Å²) < 4.78 is 11.0. The van der Waals surface area contributed by atoms with Crippen LogP contribution in [0.2, 0.25) is 5.02 Å². The van der Waals surface area contributed by atoms with Gasteiger partial charge in [-0.15, -0.1) is 0 Å². The lowest BCUT2D eigenvalue weighted by Crippen LogP contribution is -2.48. The molecule has 0 saturated carbocycles. The molecule has 1 N–H and O–H groups in total. The van der Waals surface area contributed by atoms with Crippen LogP contribution in [0.4, 0.5) is 0 Å². The number of benzene rings is 1. The summed E-state index contributed by atoms with van der Waals surface area (Å²) >= 11 is 6.04. The average Bonchev–Trinajstić information content (AvgIpc) is 3.22. The Morgan fingerprint density at radius 2 is 2.00 bits per heavy atom. The molecule has 2 amide bonds. The fourth-order valence-electron chi connectivity index (χ4n) is 3.48. The van der Waals surface area contributed by atoms with Gasteiger partial charge in [-0.05, 0) is 44.2 Å². The molecule has 2 fully saturated rings. The Balaban J connectivity index is 1.31. The number of nitrogens with one attached hydrogen (secondary N) is 1. The molecule has 2 aliphatic heterocycles. The summed E-state index contributed by atoms with van der Waals surface area (Å²) in [5, 5.41) is 3.64. The van der Waals surface area contributed by atoms with E-state index in [4.69, 9.17) is 21.1 Å². The van der Waals surface area contributed by atoms with E-state index in [1.807, 2.05) is 23.1 Å². The Morgan fingerprint density at radius 1 is 1.22 bits per heavy atom. The van der Waals surface area contributed by atoms with Crippen LogP contribution in [0, 0.1) is 0 Å². The van der Waals surface area contributed by atoms with E-state index in [9.17, 15) is 9.59 Å². The van der Waals surface area contributed by atoms with E-state index in [0.717, 1.165) is 25.7 Å². The minimum absolute atomic E-state index is 0.00556. The predicted molar refractivity (Wildman–Crippen MR) is 103 cm³/mol. The van der Waals surface area contributed by atoms with Gasteiger partial charge >= 0.3 is 0 Å². The van der Waals surface area contributed by atoms with Crippen molar-refractivity contribution in [3.05, 3.63) is 29.3 Å². The van der Waals surface area contributed by atoms with E-state index in [1.54, 1.807) is 6.07 Å². The number of piperidine rings is 1. The molecule has 2 aliphatic rings. The van der Waals surface area contributed by atoms with Crippen molar-refractivity contribution in [1.29, 1.82) is 0 Å². The Morgan fingerprint density at radius 3 is 2.70 bits per heavy atom. The fraction of sp³-hybridized carbons (Fsp3) is 0.600. The minimum atomic E-state index is -0.289. The first-order chi connectivity index (χ1) is 13.1. The van der Waals surface area contributed by atoms with Crippen LogP contribution in [0.1, 0.15) is 38.5 Å². The van der Waals surface area contributed by atoms with E-state index in [2.05, 4.69) is 5.32 Å². The van der Waals surface area contributed by atoms with Gasteiger partial charge in [-0.25, -0.2) is 0 Å². The van der Waals surface area contributed by atoms with Crippen LogP contribution in [0.3, 0.4) is 0 Å². The van der Waals surface area contributed by atoms with Crippen LogP contribution in [0.5, 0.6) is 5.75 Å². The lowest BCUT2D eigenvalue weighted by Gasteiger charge is -2.33. The first-order valence-electron chi connectivity index (χ1n) is 9.70. The molecular formula is C20H27ClN2O4. The van der Waals surface area contributed by atoms with Gasteiger partial charge in [0.2, 0.25) is 11.8 Å². The van der Waals surface area contributed by atoms with Crippen molar-refractivity contribution in [2.75, 3.05) is 26.3 Å². The molecule has 3 rings (SSSR count). The lowest BCUT2D eigenvalue weighted by atomic mass is 10.0. The first-order valence-corrected chi connectivity index (χ1v) is 10.1. The molecule has 148 valence electrons. The molecule has 1 aromatic carbocycles. The quantitative estimate of drug-likeness (QED) is 0.722. The highest BCUT2D eigenvalue weighted by Crippen LogP contribution is 2.23. The smallest absolute Gasteiger partial charge is 0.249 e. The molecule has 2 saturated heterocycles. The molecule has 0 bridgehead atoms. The highest BCUT2D eigenvalue weighted by molar-refractivity contribution is 6.32. The summed E-state index contributed by atoms with van der Waals surface area (Å²) in [5.74, 6) is 0.782. The first kappa shape index (κ1) is 20.0. The van der Waals surface area contributed by atoms with Gasteiger partial charge in [-0.1, -0.05) is 23.7 Å². The van der Waals surface area contributed by atoms with Crippen molar-refractivity contribution >= 4 is 23.4 Å². The molecule has 27 heavy (non-hydrogen) atoms. The topological polar surface area (TPSA) is 67.9 Å². The Bertz CT molecular complexity index is 641. The van der Waals surface area contributed by atoms with E-state index in [1.165, 1.54) is 0 Å². The molecule has 0 spiro atoms. The maximum atomic E-state index is 12.4. The molecule has 1 unspecified atom stereocenters. The summed E-state index contributed by atoms with van der Waals surface area (Å²) in [7, 11) is 0. The van der Waals surface area contributed by atoms with Crippen molar-refractivity contribution in [3.63, 3.8) is 0 Å². The third kappa shape index (κ3) is 5.84. The third-order valence-electron chi connectivity index (χ3n) is 5.05. The molecule has 1 atom stereocenters. The average molecular weight is 395 g/mol. The van der Waals surface area contributed by atoms with Crippen molar-refractivity contribution in [2.45, 2.75) is 50.7 Å². The van der Waals surface area contributed by atoms with Crippen LogP contribution in [0.15, 0.2) is 24.3 Å². The number of rotatable bonds is 7. The molecule has 0 radical (unpaired) electrons. The fourth-order valence-corrected chi connectivity index (χ4v) is 3.67. The summed E-state index contributed by atoms with van der Waals surface area (Å²) in [6, 6.07) is 7.46. The number of hydrogen-bond acceptors (Lipinski definition) is 4. The second-order valence-corrected chi connectivity index (χ2v) is 7.45. The van der Waals surface area contributed by atoms with Gasteiger partial charge in [0, 0.05) is 32.2 Å². The number of amides is 2. The van der Waals surface area contributed by atoms with Crippen molar-refractivity contribution < 1.29 is 19.1 Å². The van der Waals surface area contributed by atoms with Gasteiger partial charge in [0.05, 0.1) is 11.6 Å². The van der Waals surface area contributed by atoms with Gasteiger partial charge in [0.25, 0.3) is 0 Å². The maximum absolute atomic E-state index is 12.4. The van der Waals surface area contributed by atoms with E-state index < -0.39 is 0 Å². The largest absolute Gasteiger partial charge is 0.492 e. The van der Waals surface area contributed by atoms with Gasteiger partial charge in [0.15, 0.2) is 0 Å². The minimum Gasteiger partial charge on any atom is -0.492 e. The van der Waals surface area contributed by atoms with Gasteiger partial charge in [0.1, 0.15) is 11.9 Å². The van der Waals surface area contributed by atoms with Crippen LogP contribution >= 0.6 is 11.6 Å². The number of ether oxygens (including phenoxy) is 2. The second kappa shape index (κ2) is 9.95. The third-order valence-corrected chi connectivity index (χ3v) is 5.36. The van der Waals surface area contributed by atoms with Crippen molar-refractivity contribution in [1.82, 2.24) is 10.2 Å². The molecule has 0 aromatic heterocycles. The highest BCUT2D eigenvalue weighted by Gasteiger charge is 2.28. The predicted octanol–water partition coefficient (Wildman–Crippen LogP) is 2.79. The van der Waals surface area contributed by atoms with Crippen LogP contribution in [-0.2, 0) is 14.3 Å². The molecule has 1 aromatic rings. The Kier molecular flexibility index (Phi) is 7.35. The van der Waals surface area contributed by atoms with Gasteiger partial charge in [-0.3, -0.25) is 9.59 Å². The van der Waals surface area contributed by atoms with Crippen LogP contribution in [0.25, 0.3) is 0 Å². The standard InChI is InChI=1S/C20H27ClN2O4/c21-16-5-1-2-6-17(16)26-14-4-8-19(24)23-11-9-15(10-12-23)22-20(25)18-7-3-13-27-18/h1-2,5-6,15,18H,3-4,7-14H2,(H,22,25). The van der Waals surface area contributed by atoms with Crippen molar-refractivity contribution in [2.24, 2.45) is 0 Å². The Hall–Kier alpha value is -1.79. The Labute approximate surface area is 165 Å². The zero-order valence-corrected chi connectivity index (χ0v) is 16.2. The van der Waals surface area contributed by atoms with Gasteiger partial charge < -0.3 is 19.7 Å². The summed E-state index contributed by atoms with van der Waals surface area (Å²) in [6.45, 7) is 2.50. The number of hydrogen-bond donors (Lipinski definition) is 1. The highest BCUT2D eigenvalue weighted by atomic mass is 35.5. The van der Waals surface area contributed by atoms with E-state index >= 15 is 0 Å². The second-order valence-electron chi connectivity index (χ2n) is 7.05. The zero-order valence-electron chi connectivity index (χ0n) is 15.5. The van der Waals surface area contributed by atoms with E-state index in [-0.39, 0.29) is 24.0 Å². The molecule has 6 nitrogen and oxygen atoms in total. The summed E-state index contributed by atoms with van der Waals surface area (Å²) in [4.78, 5) is 26.3. The number of carbonyl (C=O) groups excluding carboxylic acids is 2. The van der Waals surface area contributed by atoms with E-state index in [0.29, 0.717) is 49.9 Å². The number of halogens is 1. The van der Waals surface area contributed by atoms with Crippen LogP contribution < -0.4 is 10.1 Å². The maximum Gasteiger partial charge on any atom is 0.249 e. The molecule has 0 aliphatic carbocycles. The zero-order chi connectivity index (χ0) is 19.1. The van der Waals surface area contributed by atoms with Gasteiger partial charge in [-0.2, -0.15) is 0 Å². The van der Waals surface area contributed by atoms with Crippen molar-refractivity contribution in [3.8, 4) is 5.75 Å². The number of para-hydroxylation sites is 1. The summed E-state index contributed by atoms with van der Waals surface area (Å²) in [5.41, 5.74) is 0. The SMILES string of the molecule is O=C(NC1CCN(C(=O)CCCOc2ccccc2Cl)CC1)C1CCCO1. The lowest BCUT2D eigenvalue weighted by molar-refractivity contribution is -0.133. The molecule has 2 heterocycles. The number of nitrogens with zero attached hydrogens (tertiary/aromatic N) is 1. The monoisotopic (exact) mass is 394 g/mol. The summed E-state index contributed by atoms with van der Waals surface area (Å²) in [6.07, 6.45) is 4.16.